The first-order valence-corrected chi connectivity index (χ1v) is 15.2. The lowest BCUT2D eigenvalue weighted by Gasteiger charge is -2.42. The Bertz CT molecular complexity index is 1170. The molecule has 0 amide bonds. The Morgan fingerprint density at radius 3 is 2.38 bits per heavy atom. The van der Waals surface area contributed by atoms with Crippen LogP contribution in [-0.2, 0) is 16.6 Å². The first-order valence-electron chi connectivity index (χ1n) is 13.7. The number of sulfonamides is 1. The molecule has 4 heterocycles. The van der Waals surface area contributed by atoms with E-state index in [9.17, 15) is 13.5 Å². The van der Waals surface area contributed by atoms with Crippen LogP contribution in [0.1, 0.15) is 64.4 Å². The van der Waals surface area contributed by atoms with E-state index in [4.69, 9.17) is 4.98 Å². The van der Waals surface area contributed by atoms with Gasteiger partial charge in [0.15, 0.2) is 0 Å². The molecule has 2 aromatic rings. The SMILES string of the molecule is Cc1cnc(NC2CCN(S(=O)(=O)C3CCC(N4CCC4)CC3)CC2)nc1-c1cnn(CC(C)(C)O)c1. The Hall–Kier alpha value is -2.08. The molecule has 37 heavy (non-hydrogen) atoms. The van der Waals surface area contributed by atoms with E-state index in [1.807, 2.05) is 13.1 Å². The minimum absolute atomic E-state index is 0.127. The maximum Gasteiger partial charge on any atom is 0.223 e. The third kappa shape index (κ3) is 6.16. The van der Waals surface area contributed by atoms with Gasteiger partial charge in [-0.1, -0.05) is 0 Å². The number of aliphatic hydroxyl groups is 1. The monoisotopic (exact) mass is 531 g/mol. The third-order valence-electron chi connectivity index (χ3n) is 8.05. The first-order chi connectivity index (χ1) is 17.6. The normalized spacial score (nSPS) is 24.6. The van der Waals surface area contributed by atoms with Crippen molar-refractivity contribution in [3.05, 3.63) is 24.2 Å². The molecule has 3 aliphatic rings. The number of aromatic nitrogens is 4. The fourth-order valence-electron chi connectivity index (χ4n) is 5.83. The van der Waals surface area contributed by atoms with Crippen LogP contribution >= 0.6 is 0 Å². The van der Waals surface area contributed by atoms with Gasteiger partial charge >= 0.3 is 0 Å². The Kier molecular flexibility index (Phi) is 7.59. The summed E-state index contributed by atoms with van der Waals surface area (Å²) in [5, 5.41) is 17.6. The van der Waals surface area contributed by atoms with Crippen LogP contribution in [-0.4, -0.2) is 91.6 Å². The van der Waals surface area contributed by atoms with Gasteiger partial charge in [0, 0.05) is 43.1 Å². The smallest absolute Gasteiger partial charge is 0.223 e. The van der Waals surface area contributed by atoms with Gasteiger partial charge in [-0.2, -0.15) is 5.10 Å². The van der Waals surface area contributed by atoms with Crippen molar-refractivity contribution in [2.75, 3.05) is 31.5 Å². The van der Waals surface area contributed by atoms with Crippen molar-refractivity contribution >= 4 is 16.0 Å². The number of hydrogen-bond donors (Lipinski definition) is 2. The summed E-state index contributed by atoms with van der Waals surface area (Å²) in [4.78, 5) is 11.7. The van der Waals surface area contributed by atoms with Gasteiger partial charge in [-0.3, -0.25) is 4.68 Å². The van der Waals surface area contributed by atoms with Crippen molar-refractivity contribution in [3.8, 4) is 11.3 Å². The summed E-state index contributed by atoms with van der Waals surface area (Å²) in [7, 11) is -3.25. The molecule has 2 aromatic heterocycles. The van der Waals surface area contributed by atoms with E-state index < -0.39 is 15.6 Å². The predicted octanol–water partition coefficient (Wildman–Crippen LogP) is 2.64. The molecule has 0 radical (unpaired) electrons. The molecular formula is C26H41N7O3S. The molecule has 0 spiro atoms. The fourth-order valence-corrected chi connectivity index (χ4v) is 7.84. The average molecular weight is 532 g/mol. The summed E-state index contributed by atoms with van der Waals surface area (Å²) in [6, 6.07) is 0.715. The molecule has 0 bridgehead atoms. The summed E-state index contributed by atoms with van der Waals surface area (Å²) in [5.41, 5.74) is 1.76. The third-order valence-corrected chi connectivity index (χ3v) is 10.4. The number of piperidine rings is 1. The van der Waals surface area contributed by atoms with Crippen LogP contribution in [0.2, 0.25) is 0 Å². The maximum absolute atomic E-state index is 13.3. The Morgan fingerprint density at radius 2 is 1.76 bits per heavy atom. The first kappa shape index (κ1) is 26.5. The molecule has 1 aliphatic carbocycles. The van der Waals surface area contributed by atoms with Gasteiger partial charge in [0.1, 0.15) is 0 Å². The van der Waals surface area contributed by atoms with Crippen molar-refractivity contribution < 1.29 is 13.5 Å². The Balaban J connectivity index is 1.16. The van der Waals surface area contributed by atoms with Crippen molar-refractivity contribution in [1.29, 1.82) is 0 Å². The fraction of sp³-hybridized carbons (Fsp3) is 0.731. The van der Waals surface area contributed by atoms with Crippen LogP contribution in [0.3, 0.4) is 0 Å². The molecule has 2 N–H and O–H groups in total. The quantitative estimate of drug-likeness (QED) is 0.534. The van der Waals surface area contributed by atoms with E-state index >= 15 is 0 Å². The molecule has 5 rings (SSSR count). The van der Waals surface area contributed by atoms with E-state index in [1.54, 1.807) is 35.2 Å². The number of hydrogen-bond acceptors (Lipinski definition) is 8. The minimum atomic E-state index is -3.25. The topological polar surface area (TPSA) is 116 Å². The molecule has 3 fully saturated rings. The Morgan fingerprint density at radius 1 is 1.05 bits per heavy atom. The van der Waals surface area contributed by atoms with Crippen LogP contribution in [0.25, 0.3) is 11.3 Å². The maximum atomic E-state index is 13.3. The van der Waals surface area contributed by atoms with E-state index in [-0.39, 0.29) is 11.3 Å². The number of anilines is 1. The van der Waals surface area contributed by atoms with Gasteiger partial charge in [0.2, 0.25) is 16.0 Å². The van der Waals surface area contributed by atoms with E-state index in [1.165, 1.54) is 19.5 Å². The molecule has 2 aliphatic heterocycles. The largest absolute Gasteiger partial charge is 0.389 e. The number of nitrogens with one attached hydrogen (secondary N) is 1. The van der Waals surface area contributed by atoms with E-state index in [0.29, 0.717) is 31.6 Å². The number of rotatable bonds is 8. The summed E-state index contributed by atoms with van der Waals surface area (Å²) < 4.78 is 30.1. The highest BCUT2D eigenvalue weighted by atomic mass is 32.2. The van der Waals surface area contributed by atoms with Gasteiger partial charge in [0.25, 0.3) is 0 Å². The zero-order chi connectivity index (χ0) is 26.2. The lowest BCUT2D eigenvalue weighted by atomic mass is 9.92. The van der Waals surface area contributed by atoms with Crippen molar-refractivity contribution in [3.63, 3.8) is 0 Å². The zero-order valence-corrected chi connectivity index (χ0v) is 23.1. The van der Waals surface area contributed by atoms with Crippen LogP contribution in [0.15, 0.2) is 18.6 Å². The number of nitrogens with zero attached hydrogens (tertiary/aromatic N) is 6. The molecule has 2 saturated heterocycles. The van der Waals surface area contributed by atoms with Gasteiger partial charge in [-0.05, 0) is 84.4 Å². The summed E-state index contributed by atoms with van der Waals surface area (Å²) in [5.74, 6) is 0.543. The van der Waals surface area contributed by atoms with Crippen LogP contribution < -0.4 is 5.32 Å². The minimum Gasteiger partial charge on any atom is -0.389 e. The summed E-state index contributed by atoms with van der Waals surface area (Å²) >= 11 is 0. The highest BCUT2D eigenvalue weighted by molar-refractivity contribution is 7.89. The van der Waals surface area contributed by atoms with E-state index in [0.717, 1.165) is 55.3 Å². The lowest BCUT2D eigenvalue weighted by Crippen LogP contribution is -2.50. The molecule has 0 aromatic carbocycles. The molecule has 1 saturated carbocycles. The van der Waals surface area contributed by atoms with Gasteiger partial charge in [-0.15, -0.1) is 0 Å². The molecule has 10 nitrogen and oxygen atoms in total. The Labute approximate surface area is 220 Å². The van der Waals surface area contributed by atoms with Gasteiger partial charge in [0.05, 0.1) is 29.3 Å². The zero-order valence-electron chi connectivity index (χ0n) is 22.3. The van der Waals surface area contributed by atoms with Gasteiger partial charge < -0.3 is 15.3 Å². The van der Waals surface area contributed by atoms with E-state index in [2.05, 4.69) is 20.3 Å². The van der Waals surface area contributed by atoms with Crippen molar-refractivity contribution in [2.24, 2.45) is 0 Å². The molecular weight excluding hydrogens is 490 g/mol. The summed E-state index contributed by atoms with van der Waals surface area (Å²) in [6.45, 7) is 9.30. The molecule has 11 heteroatoms. The second-order valence-corrected chi connectivity index (χ2v) is 13.9. The predicted molar refractivity (Wildman–Crippen MR) is 144 cm³/mol. The van der Waals surface area contributed by atoms with Gasteiger partial charge in [-0.25, -0.2) is 22.7 Å². The van der Waals surface area contributed by atoms with Crippen LogP contribution in [0.4, 0.5) is 5.95 Å². The highest BCUT2D eigenvalue weighted by Crippen LogP contribution is 2.32. The molecule has 0 atom stereocenters. The lowest BCUT2D eigenvalue weighted by molar-refractivity contribution is 0.0577. The summed E-state index contributed by atoms with van der Waals surface area (Å²) in [6.07, 6.45) is 11.8. The van der Waals surface area contributed by atoms with Crippen LogP contribution in [0.5, 0.6) is 0 Å². The second kappa shape index (κ2) is 10.6. The average Bonchev–Trinajstić information content (AvgIpc) is 3.26. The highest BCUT2D eigenvalue weighted by Gasteiger charge is 2.38. The van der Waals surface area contributed by atoms with Crippen molar-refractivity contribution in [1.82, 2.24) is 29.0 Å². The standard InChI is InChI=1S/C26H41N7O3S/c1-19-15-27-25(30-24(19)20-16-28-32(17-20)18-26(2,3)34)29-21-9-13-33(14-10-21)37(35,36)23-7-5-22(6-8-23)31-11-4-12-31/h15-17,21-23,34H,4-14,18H2,1-3H3,(H,27,29,30). The second-order valence-electron chi connectivity index (χ2n) is 11.6. The van der Waals surface area contributed by atoms with Crippen molar-refractivity contribution in [2.45, 2.75) is 95.2 Å². The molecule has 0 unspecified atom stereocenters. The van der Waals surface area contributed by atoms with Crippen LogP contribution in [0, 0.1) is 6.92 Å². The molecule has 204 valence electrons. The number of aryl methyl sites for hydroxylation is 1. The number of likely N-dealkylation sites (tertiary alicyclic amines) is 1.